The molecule has 3 fully saturated rings. The molecule has 10 rings (SSSR count). The van der Waals surface area contributed by atoms with Crippen LogP contribution in [0.15, 0.2) is 72.9 Å². The van der Waals surface area contributed by atoms with Crippen molar-refractivity contribution in [2.24, 2.45) is 0 Å². The van der Waals surface area contributed by atoms with Crippen molar-refractivity contribution in [3.8, 4) is 28.3 Å². The van der Waals surface area contributed by atoms with E-state index < -0.39 is 11.9 Å². The Labute approximate surface area is 353 Å². The summed E-state index contributed by atoms with van der Waals surface area (Å²) in [6.45, 7) is 7.12. The van der Waals surface area contributed by atoms with Gasteiger partial charge in [-0.15, -0.1) is 0 Å². The van der Waals surface area contributed by atoms with Crippen molar-refractivity contribution in [1.82, 2.24) is 34.6 Å². The van der Waals surface area contributed by atoms with Crippen LogP contribution in [0, 0.1) is 0 Å². The molecule has 14 nitrogen and oxygen atoms in total. The molecular weight excluding hydrogens is 775 g/mol. The molecule has 1 unspecified atom stereocenters. The lowest BCUT2D eigenvalue weighted by molar-refractivity contribution is -0.137. The minimum Gasteiger partial charge on any atom is -0.508 e. The maximum Gasteiger partial charge on any atom is 0.255 e. The van der Waals surface area contributed by atoms with Crippen LogP contribution < -0.4 is 5.32 Å². The van der Waals surface area contributed by atoms with E-state index in [2.05, 4.69) is 34.1 Å². The molecule has 5 aliphatic rings. The number of phenolic OH excluding ortho intramolecular Hbond substituents is 1. The van der Waals surface area contributed by atoms with Crippen molar-refractivity contribution in [1.29, 1.82) is 0 Å². The molecule has 0 spiro atoms. The van der Waals surface area contributed by atoms with E-state index in [1.54, 1.807) is 31.2 Å². The highest BCUT2D eigenvalue weighted by atomic mass is 16.5. The largest absolute Gasteiger partial charge is 0.508 e. The number of imidazole rings is 1. The maximum atomic E-state index is 12.8. The summed E-state index contributed by atoms with van der Waals surface area (Å²) >= 11 is 0. The predicted molar refractivity (Wildman–Crippen MR) is 226 cm³/mol. The number of hydrogen-bond donors (Lipinski definition) is 2. The van der Waals surface area contributed by atoms with Gasteiger partial charge in [-0.2, -0.15) is 0 Å². The molecule has 5 aromatic rings. The fourth-order valence-electron chi connectivity index (χ4n) is 9.37. The van der Waals surface area contributed by atoms with Gasteiger partial charge in [0.15, 0.2) is 0 Å². The topological polar surface area (TPSA) is 167 Å². The Morgan fingerprint density at radius 2 is 1.62 bits per heavy atom. The Kier molecular flexibility index (Phi) is 11.1. The van der Waals surface area contributed by atoms with Crippen LogP contribution >= 0.6 is 0 Å². The van der Waals surface area contributed by atoms with Gasteiger partial charge in [0.2, 0.25) is 23.6 Å². The van der Waals surface area contributed by atoms with E-state index in [-0.39, 0.29) is 42.2 Å². The number of imide groups is 1. The van der Waals surface area contributed by atoms with Crippen LogP contribution in [0.4, 0.5) is 0 Å². The van der Waals surface area contributed by atoms with Gasteiger partial charge in [0.25, 0.3) is 5.91 Å². The van der Waals surface area contributed by atoms with E-state index in [1.807, 2.05) is 34.2 Å². The molecule has 5 amide bonds. The number of carbonyl (C=O) groups excluding carboxylic acids is 5. The van der Waals surface area contributed by atoms with Gasteiger partial charge in [-0.25, -0.2) is 4.98 Å². The summed E-state index contributed by atoms with van der Waals surface area (Å²) in [6, 6.07) is 20.2. The van der Waals surface area contributed by atoms with Crippen molar-refractivity contribution in [2.75, 3.05) is 32.8 Å². The van der Waals surface area contributed by atoms with Crippen LogP contribution in [0.2, 0.25) is 0 Å². The van der Waals surface area contributed by atoms with Crippen molar-refractivity contribution in [3.05, 3.63) is 101 Å². The van der Waals surface area contributed by atoms with Crippen LogP contribution in [0.25, 0.3) is 33.3 Å². The van der Waals surface area contributed by atoms with Gasteiger partial charge in [-0.05, 0) is 85.0 Å². The SMILES string of the molecule is CC(=O)N1CCn2c(C3CCOCC3)nc(-c3cccc4cc(-c5ccc(O)cc5)ncc34)c2C1.O=C1CCC(N2Cc3c(CC(=O)N4CCCC4)cccc3C2=O)C(=O)N1. The molecule has 0 saturated carbocycles. The van der Waals surface area contributed by atoms with Gasteiger partial charge < -0.3 is 29.1 Å². The average Bonchev–Trinajstić information content (AvgIpc) is 4.03. The van der Waals surface area contributed by atoms with Gasteiger partial charge in [0.05, 0.1) is 30.0 Å². The Bertz CT molecular complexity index is 2540. The number of phenols is 1. The molecule has 14 heteroatoms. The number of aromatic nitrogens is 3. The monoisotopic (exact) mass is 823 g/mol. The molecule has 2 N–H and O–H groups in total. The summed E-state index contributed by atoms with van der Waals surface area (Å²) in [4.78, 5) is 76.3. The Balaban J connectivity index is 0.000000163. The molecule has 0 bridgehead atoms. The van der Waals surface area contributed by atoms with Gasteiger partial charge in [-0.3, -0.25) is 34.3 Å². The lowest BCUT2D eigenvalue weighted by Crippen LogP contribution is -2.52. The Morgan fingerprint density at radius 3 is 2.38 bits per heavy atom. The summed E-state index contributed by atoms with van der Waals surface area (Å²) in [5, 5.41) is 14.0. The second-order valence-corrected chi connectivity index (χ2v) is 16.5. The number of likely N-dealkylation sites (tertiary alicyclic amines) is 1. The van der Waals surface area contributed by atoms with Crippen LogP contribution in [-0.2, 0) is 50.0 Å². The first-order valence-electron chi connectivity index (χ1n) is 21.3. The van der Waals surface area contributed by atoms with Gasteiger partial charge in [0, 0.05) is 93.5 Å². The second-order valence-electron chi connectivity index (χ2n) is 16.5. The Hall–Kier alpha value is -6.41. The van der Waals surface area contributed by atoms with Crippen molar-refractivity contribution >= 4 is 40.3 Å². The van der Waals surface area contributed by atoms with E-state index in [0.717, 1.165) is 114 Å². The van der Waals surface area contributed by atoms with Crippen molar-refractivity contribution < 1.29 is 33.8 Å². The number of fused-ring (bicyclic) bond motifs is 3. The highest BCUT2D eigenvalue weighted by Crippen LogP contribution is 2.38. The number of benzene rings is 3. The van der Waals surface area contributed by atoms with Gasteiger partial charge in [0.1, 0.15) is 17.6 Å². The van der Waals surface area contributed by atoms with Crippen LogP contribution in [0.3, 0.4) is 0 Å². The summed E-state index contributed by atoms with van der Waals surface area (Å²) < 4.78 is 7.95. The van der Waals surface area contributed by atoms with Crippen molar-refractivity contribution in [2.45, 2.75) is 83.5 Å². The lowest BCUT2D eigenvalue weighted by atomic mass is 9.99. The maximum absolute atomic E-state index is 12.8. The van der Waals surface area contributed by atoms with E-state index in [4.69, 9.17) is 14.7 Å². The highest BCUT2D eigenvalue weighted by molar-refractivity contribution is 6.05. The molecule has 3 aromatic carbocycles. The second kappa shape index (κ2) is 16.9. The van der Waals surface area contributed by atoms with Gasteiger partial charge in [-0.1, -0.05) is 30.3 Å². The molecule has 0 aliphatic carbocycles. The third-order valence-corrected chi connectivity index (χ3v) is 12.7. The van der Waals surface area contributed by atoms with E-state index in [1.165, 1.54) is 4.90 Å². The molecule has 61 heavy (non-hydrogen) atoms. The van der Waals surface area contributed by atoms with Gasteiger partial charge >= 0.3 is 0 Å². The first-order chi connectivity index (χ1) is 29.6. The number of amides is 5. The number of nitrogens with zero attached hydrogens (tertiary/aromatic N) is 6. The summed E-state index contributed by atoms with van der Waals surface area (Å²) in [6.07, 6.45) is 6.79. The third-order valence-electron chi connectivity index (χ3n) is 12.7. The zero-order valence-corrected chi connectivity index (χ0v) is 34.3. The lowest BCUT2D eigenvalue weighted by Gasteiger charge is -2.30. The fraction of sp³-hybridized carbons (Fsp3) is 0.383. The molecule has 7 heterocycles. The molecule has 5 aliphatic heterocycles. The van der Waals surface area contributed by atoms with E-state index >= 15 is 0 Å². The first-order valence-corrected chi connectivity index (χ1v) is 21.3. The number of rotatable bonds is 6. The summed E-state index contributed by atoms with van der Waals surface area (Å²) in [5.41, 5.74) is 7.13. The average molecular weight is 824 g/mol. The zero-order valence-electron chi connectivity index (χ0n) is 34.3. The van der Waals surface area contributed by atoms with Crippen molar-refractivity contribution in [3.63, 3.8) is 0 Å². The molecule has 1 atom stereocenters. The standard InChI is InChI=1S/C28H28N4O3.C19H21N3O4/c1-18(33)31-11-12-32-26(17-31)27(30-28(32)20-9-13-35-14-10-20)23-4-2-3-21-15-25(29-16-24(21)23)19-5-7-22(34)8-6-19;23-16-7-6-15(18(25)20-16)22-11-14-12(4-3-5-13(14)19(22)26)10-17(24)21-8-1-2-9-21/h2-8,15-16,20,34H,9-14,17H2,1H3;3-5,15H,1-2,6-11H2,(H,20,23,25). The molecule has 0 radical (unpaired) electrons. The number of hydrogen-bond acceptors (Lipinski definition) is 9. The number of piperidine rings is 1. The molecular formula is C47H49N7O7. The number of ether oxygens (including phenoxy) is 1. The smallest absolute Gasteiger partial charge is 0.255 e. The normalized spacial score (nSPS) is 19.1. The minimum atomic E-state index is -0.630. The Morgan fingerprint density at radius 1 is 0.869 bits per heavy atom. The number of nitrogens with one attached hydrogen (secondary N) is 1. The van der Waals surface area contributed by atoms with Crippen LogP contribution in [0.1, 0.15) is 84.4 Å². The van der Waals surface area contributed by atoms with Crippen LogP contribution in [0.5, 0.6) is 5.75 Å². The van der Waals surface area contributed by atoms with Crippen LogP contribution in [-0.4, -0.2) is 103 Å². The fourth-order valence-corrected chi connectivity index (χ4v) is 9.37. The minimum absolute atomic E-state index is 0.0859. The molecule has 3 saturated heterocycles. The number of pyridine rings is 1. The zero-order chi connectivity index (χ0) is 42.2. The summed E-state index contributed by atoms with van der Waals surface area (Å²) in [5.74, 6) is 0.981. The quantitative estimate of drug-likeness (QED) is 0.215. The molecule has 314 valence electrons. The predicted octanol–water partition coefficient (Wildman–Crippen LogP) is 5.34. The first kappa shape index (κ1) is 40.0. The number of aromatic hydroxyl groups is 1. The molecule has 2 aromatic heterocycles. The number of carbonyl (C=O) groups is 5. The van der Waals surface area contributed by atoms with E-state index in [0.29, 0.717) is 37.5 Å². The highest BCUT2D eigenvalue weighted by Gasteiger charge is 2.40. The third kappa shape index (κ3) is 7.99. The summed E-state index contributed by atoms with van der Waals surface area (Å²) in [7, 11) is 0. The van der Waals surface area contributed by atoms with E-state index in [9.17, 15) is 29.1 Å².